The molecule has 2 aliphatic rings. The molecule has 0 spiro atoms. The predicted molar refractivity (Wildman–Crippen MR) is 108 cm³/mol. The van der Waals surface area contributed by atoms with Gasteiger partial charge in [0.25, 0.3) is 0 Å². The zero-order chi connectivity index (χ0) is 20.4. The summed E-state index contributed by atoms with van der Waals surface area (Å²) in [6, 6.07) is 15.2. The molecule has 0 unspecified atom stereocenters. The number of carbonyl (C=O) groups excluding carboxylic acids is 1. The first kappa shape index (κ1) is 19.9. The molecule has 2 aliphatic heterocycles. The molecule has 4 rings (SSSR count). The quantitative estimate of drug-likeness (QED) is 0.700. The van der Waals surface area contributed by atoms with Crippen molar-refractivity contribution in [1.29, 1.82) is 0 Å². The molecule has 6 heteroatoms. The second kappa shape index (κ2) is 8.51. The summed E-state index contributed by atoms with van der Waals surface area (Å²) in [7, 11) is 3.49. The molecule has 2 heterocycles. The maximum absolute atomic E-state index is 13.7. The lowest BCUT2D eigenvalue weighted by Gasteiger charge is -2.27. The van der Waals surface area contributed by atoms with Crippen LogP contribution in [0.5, 0.6) is 5.75 Å². The van der Waals surface area contributed by atoms with E-state index in [0.717, 1.165) is 31.7 Å². The highest BCUT2D eigenvalue weighted by Gasteiger charge is 2.45. The van der Waals surface area contributed by atoms with E-state index in [-0.39, 0.29) is 18.5 Å². The van der Waals surface area contributed by atoms with Gasteiger partial charge in [0.15, 0.2) is 6.61 Å². The number of benzene rings is 2. The molecular formula is C23H27FN2O3. The molecule has 29 heavy (non-hydrogen) atoms. The largest absolute Gasteiger partial charge is 0.482 e. The van der Waals surface area contributed by atoms with E-state index >= 15 is 0 Å². The van der Waals surface area contributed by atoms with Crippen molar-refractivity contribution in [3.8, 4) is 5.75 Å². The minimum absolute atomic E-state index is 0.0830. The number of esters is 1. The Morgan fingerprint density at radius 1 is 1.14 bits per heavy atom. The number of rotatable bonds is 6. The van der Waals surface area contributed by atoms with E-state index in [9.17, 15) is 9.18 Å². The molecular weight excluding hydrogens is 371 g/mol. The molecule has 0 bridgehead atoms. The van der Waals surface area contributed by atoms with Gasteiger partial charge in [-0.05, 0) is 54.3 Å². The SMILES string of the molecule is COC(=O)COc1ccc(CN2C[C@@H]3CN(C)[C@@H](c4cccc(F)c4)[C@@H]3C2)cc1. The third-order valence-corrected chi connectivity index (χ3v) is 6.07. The van der Waals surface area contributed by atoms with Gasteiger partial charge in [0, 0.05) is 32.2 Å². The van der Waals surface area contributed by atoms with Crippen molar-refractivity contribution in [3.63, 3.8) is 0 Å². The van der Waals surface area contributed by atoms with Gasteiger partial charge >= 0.3 is 5.97 Å². The molecule has 154 valence electrons. The van der Waals surface area contributed by atoms with Crippen molar-refractivity contribution in [3.05, 3.63) is 65.5 Å². The van der Waals surface area contributed by atoms with Crippen LogP contribution in [-0.4, -0.2) is 56.2 Å². The summed E-state index contributed by atoms with van der Waals surface area (Å²) in [6.45, 7) is 3.91. The second-order valence-corrected chi connectivity index (χ2v) is 8.07. The van der Waals surface area contributed by atoms with Crippen molar-refractivity contribution in [1.82, 2.24) is 9.80 Å². The van der Waals surface area contributed by atoms with E-state index in [1.807, 2.05) is 36.4 Å². The molecule has 2 fully saturated rings. The molecule has 2 saturated heterocycles. The molecule has 0 aromatic heterocycles. The summed E-state index contributed by atoms with van der Waals surface area (Å²) in [4.78, 5) is 16.0. The van der Waals surface area contributed by atoms with Crippen LogP contribution in [0.4, 0.5) is 4.39 Å². The average Bonchev–Trinajstić information content (AvgIpc) is 3.22. The van der Waals surface area contributed by atoms with Crippen LogP contribution in [0, 0.1) is 17.7 Å². The fourth-order valence-corrected chi connectivity index (χ4v) is 4.82. The Kier molecular flexibility index (Phi) is 5.83. The van der Waals surface area contributed by atoms with Gasteiger partial charge in [-0.15, -0.1) is 0 Å². The Morgan fingerprint density at radius 3 is 2.66 bits per heavy atom. The molecule has 3 atom stereocenters. The topological polar surface area (TPSA) is 42.0 Å². The van der Waals surface area contributed by atoms with Crippen molar-refractivity contribution < 1.29 is 18.7 Å². The summed E-state index contributed by atoms with van der Waals surface area (Å²) in [6.07, 6.45) is 0. The van der Waals surface area contributed by atoms with Gasteiger partial charge in [0.1, 0.15) is 11.6 Å². The summed E-state index contributed by atoms with van der Waals surface area (Å²) < 4.78 is 23.7. The number of ether oxygens (including phenoxy) is 2. The van der Waals surface area contributed by atoms with Crippen LogP contribution in [0.15, 0.2) is 48.5 Å². The molecule has 0 aliphatic carbocycles. The summed E-state index contributed by atoms with van der Waals surface area (Å²) in [5.41, 5.74) is 2.29. The second-order valence-electron chi connectivity index (χ2n) is 8.07. The molecule has 0 N–H and O–H groups in total. The smallest absolute Gasteiger partial charge is 0.343 e. The Labute approximate surface area is 171 Å². The molecule has 0 amide bonds. The Balaban J connectivity index is 1.37. The van der Waals surface area contributed by atoms with Crippen LogP contribution in [0.2, 0.25) is 0 Å². The Hall–Kier alpha value is -2.44. The molecule has 5 nitrogen and oxygen atoms in total. The minimum Gasteiger partial charge on any atom is -0.482 e. The zero-order valence-electron chi connectivity index (χ0n) is 16.9. The summed E-state index contributed by atoms with van der Waals surface area (Å²) in [5, 5.41) is 0. The molecule has 0 saturated carbocycles. The van der Waals surface area contributed by atoms with Crippen LogP contribution in [-0.2, 0) is 16.1 Å². The molecule has 0 radical (unpaired) electrons. The van der Waals surface area contributed by atoms with E-state index < -0.39 is 5.97 Å². The number of carbonyl (C=O) groups is 1. The molecule has 2 aromatic rings. The predicted octanol–water partition coefficient (Wildman–Crippen LogP) is 3.11. The highest BCUT2D eigenvalue weighted by atomic mass is 19.1. The number of likely N-dealkylation sites (tertiary alicyclic amines) is 2. The lowest BCUT2D eigenvalue weighted by Crippen LogP contribution is -2.29. The lowest BCUT2D eigenvalue weighted by atomic mass is 9.89. The minimum atomic E-state index is -0.393. The first-order valence-corrected chi connectivity index (χ1v) is 10.00. The van der Waals surface area contributed by atoms with Crippen molar-refractivity contribution in [2.24, 2.45) is 11.8 Å². The normalized spacial score (nSPS) is 24.4. The van der Waals surface area contributed by atoms with Crippen LogP contribution >= 0.6 is 0 Å². The summed E-state index contributed by atoms with van der Waals surface area (Å²) >= 11 is 0. The first-order chi connectivity index (χ1) is 14.0. The Morgan fingerprint density at radius 2 is 1.93 bits per heavy atom. The third-order valence-electron chi connectivity index (χ3n) is 6.07. The van der Waals surface area contributed by atoms with E-state index in [1.54, 1.807) is 6.07 Å². The fraction of sp³-hybridized carbons (Fsp3) is 0.435. The maximum atomic E-state index is 13.7. The standard InChI is InChI=1S/C23H27FN2O3/c1-25-12-18-13-26(14-21(18)23(25)17-4-3-5-19(24)10-17)11-16-6-8-20(9-7-16)29-15-22(27)28-2/h3-10,18,21,23H,11-15H2,1-2H3/t18-,21+,23-/m0/s1. The number of halogens is 1. The lowest BCUT2D eigenvalue weighted by molar-refractivity contribution is -0.142. The van der Waals surface area contributed by atoms with Crippen LogP contribution < -0.4 is 4.74 Å². The number of nitrogens with zero attached hydrogens (tertiary/aromatic N) is 2. The number of hydrogen-bond donors (Lipinski definition) is 0. The van der Waals surface area contributed by atoms with Gasteiger partial charge in [-0.1, -0.05) is 24.3 Å². The fourth-order valence-electron chi connectivity index (χ4n) is 4.82. The third kappa shape index (κ3) is 4.43. The number of methoxy groups -OCH3 is 1. The highest BCUT2D eigenvalue weighted by molar-refractivity contribution is 5.70. The van der Waals surface area contributed by atoms with E-state index in [0.29, 0.717) is 17.6 Å². The average molecular weight is 398 g/mol. The van der Waals surface area contributed by atoms with Crippen molar-refractivity contribution >= 4 is 5.97 Å². The van der Waals surface area contributed by atoms with Crippen molar-refractivity contribution in [2.45, 2.75) is 12.6 Å². The van der Waals surface area contributed by atoms with E-state index in [4.69, 9.17) is 4.74 Å². The Bertz CT molecular complexity index is 857. The van der Waals surface area contributed by atoms with Crippen LogP contribution in [0.3, 0.4) is 0 Å². The van der Waals surface area contributed by atoms with E-state index in [2.05, 4.69) is 21.6 Å². The van der Waals surface area contributed by atoms with Gasteiger partial charge in [-0.3, -0.25) is 9.80 Å². The van der Waals surface area contributed by atoms with Gasteiger partial charge in [0.2, 0.25) is 0 Å². The monoisotopic (exact) mass is 398 g/mol. The number of fused-ring (bicyclic) bond motifs is 1. The van der Waals surface area contributed by atoms with Gasteiger partial charge in [-0.25, -0.2) is 9.18 Å². The summed E-state index contributed by atoms with van der Waals surface area (Å²) in [5.74, 6) is 1.23. The van der Waals surface area contributed by atoms with Crippen molar-refractivity contribution in [2.75, 3.05) is 40.4 Å². The number of hydrogen-bond acceptors (Lipinski definition) is 5. The zero-order valence-corrected chi connectivity index (χ0v) is 16.9. The first-order valence-electron chi connectivity index (χ1n) is 10.00. The van der Waals surface area contributed by atoms with E-state index in [1.165, 1.54) is 18.7 Å². The van der Waals surface area contributed by atoms with Gasteiger partial charge < -0.3 is 9.47 Å². The maximum Gasteiger partial charge on any atom is 0.343 e. The highest BCUT2D eigenvalue weighted by Crippen LogP contribution is 2.44. The molecule has 2 aromatic carbocycles. The van der Waals surface area contributed by atoms with Crippen LogP contribution in [0.1, 0.15) is 17.2 Å². The van der Waals surface area contributed by atoms with Gasteiger partial charge in [0.05, 0.1) is 7.11 Å². The van der Waals surface area contributed by atoms with Gasteiger partial charge in [-0.2, -0.15) is 0 Å². The van der Waals surface area contributed by atoms with Crippen LogP contribution in [0.25, 0.3) is 0 Å².